The number of halogens is 1. The maximum atomic E-state index is 13.4. The summed E-state index contributed by atoms with van der Waals surface area (Å²) in [7, 11) is 4.03. The number of likely N-dealkylation sites (tertiary alicyclic amines) is 1. The quantitative estimate of drug-likeness (QED) is 0.858. The molecule has 0 radical (unpaired) electrons. The van der Waals surface area contributed by atoms with Crippen molar-refractivity contribution < 1.29 is 19.1 Å². The highest BCUT2D eigenvalue weighted by molar-refractivity contribution is 5.94. The maximum absolute atomic E-state index is 13.4. The smallest absolute Gasteiger partial charge is 0.254 e. The number of carbonyl (C=O) groups is 2. The minimum atomic E-state index is -0.727. The van der Waals surface area contributed by atoms with Gasteiger partial charge in [0.05, 0.1) is 0 Å². The average Bonchev–Trinajstić information content (AvgIpc) is 2.66. The number of rotatable bonds is 3. The van der Waals surface area contributed by atoms with Gasteiger partial charge < -0.3 is 19.8 Å². The van der Waals surface area contributed by atoms with Crippen molar-refractivity contribution >= 4 is 11.8 Å². The molecule has 4 rings (SSSR count). The van der Waals surface area contributed by atoms with Gasteiger partial charge in [-0.15, -0.1) is 0 Å². The van der Waals surface area contributed by atoms with Crippen molar-refractivity contribution in [1.82, 2.24) is 14.7 Å². The van der Waals surface area contributed by atoms with E-state index < -0.39 is 11.6 Å². The molecule has 1 aromatic rings. The van der Waals surface area contributed by atoms with Gasteiger partial charge >= 0.3 is 0 Å². The van der Waals surface area contributed by atoms with E-state index in [4.69, 9.17) is 0 Å². The number of carbonyl (C=O) groups excluding carboxylic acids is 2. The summed E-state index contributed by atoms with van der Waals surface area (Å²) in [6, 6.07) is 4.07. The fraction of sp³-hybridized carbons (Fsp3) is 0.619. The molecule has 3 aliphatic heterocycles. The third kappa shape index (κ3) is 3.36. The molecule has 3 heterocycles. The molecular weight excluding hydrogens is 361 g/mol. The lowest BCUT2D eigenvalue weighted by Crippen LogP contribution is -2.67. The number of phenols is 1. The number of nitrogens with zero attached hydrogens (tertiary/aromatic N) is 3. The van der Waals surface area contributed by atoms with E-state index in [2.05, 4.69) is 9.80 Å². The van der Waals surface area contributed by atoms with Gasteiger partial charge in [0, 0.05) is 43.7 Å². The van der Waals surface area contributed by atoms with Crippen molar-refractivity contribution in [3.63, 3.8) is 0 Å². The van der Waals surface area contributed by atoms with Gasteiger partial charge in [-0.2, -0.15) is 0 Å². The molecule has 3 fully saturated rings. The van der Waals surface area contributed by atoms with Gasteiger partial charge in [0.25, 0.3) is 5.91 Å². The molecule has 4 atom stereocenters. The van der Waals surface area contributed by atoms with Crippen molar-refractivity contribution in [3.8, 4) is 5.75 Å². The number of phenolic OH excluding ortho intramolecular Hbond substituents is 1. The number of likely N-dealkylation sites (N-methyl/N-ethyl adjacent to an activating group) is 1. The third-order valence-electron chi connectivity index (χ3n) is 6.53. The van der Waals surface area contributed by atoms with Crippen LogP contribution in [0.25, 0.3) is 0 Å². The van der Waals surface area contributed by atoms with Crippen LogP contribution in [0.5, 0.6) is 5.75 Å². The summed E-state index contributed by atoms with van der Waals surface area (Å²) in [5.74, 6) is -0.644. The van der Waals surface area contributed by atoms with E-state index in [9.17, 15) is 19.1 Å². The fourth-order valence-corrected chi connectivity index (χ4v) is 5.38. The SMILES string of the molecule is CN(C)C[C@H]1[C@H]2C[C@H](CN(C(=O)c3ccc(F)c(O)c3)C2)[C@@H]2CCCC(=O)N21. The second-order valence-corrected chi connectivity index (χ2v) is 8.72. The van der Waals surface area contributed by atoms with Crippen LogP contribution in [0.3, 0.4) is 0 Å². The highest BCUT2D eigenvalue weighted by Crippen LogP contribution is 2.42. The van der Waals surface area contributed by atoms with Crippen molar-refractivity contribution in [2.45, 2.75) is 37.8 Å². The Bertz CT molecular complexity index is 784. The highest BCUT2D eigenvalue weighted by atomic mass is 19.1. The number of piperidine rings is 3. The zero-order valence-electron chi connectivity index (χ0n) is 16.5. The van der Waals surface area contributed by atoms with Crippen LogP contribution in [0.4, 0.5) is 4.39 Å². The monoisotopic (exact) mass is 389 g/mol. The van der Waals surface area contributed by atoms with Gasteiger partial charge in [0.1, 0.15) is 0 Å². The van der Waals surface area contributed by atoms with Gasteiger partial charge in [0.2, 0.25) is 5.91 Å². The Labute approximate surface area is 164 Å². The summed E-state index contributed by atoms with van der Waals surface area (Å²) in [6.07, 6.45) is 3.56. The largest absolute Gasteiger partial charge is 0.505 e. The van der Waals surface area contributed by atoms with Crippen LogP contribution in [-0.2, 0) is 4.79 Å². The molecule has 28 heavy (non-hydrogen) atoms. The van der Waals surface area contributed by atoms with E-state index in [0.29, 0.717) is 25.1 Å². The number of amides is 2. The van der Waals surface area contributed by atoms with Crippen molar-refractivity contribution in [2.75, 3.05) is 33.7 Å². The minimum absolute atomic E-state index is 0.112. The Balaban J connectivity index is 1.60. The Hall–Kier alpha value is -2.15. The summed E-state index contributed by atoms with van der Waals surface area (Å²) < 4.78 is 13.4. The summed E-state index contributed by atoms with van der Waals surface area (Å²) in [4.78, 5) is 31.9. The van der Waals surface area contributed by atoms with Gasteiger partial charge in [0.15, 0.2) is 11.6 Å². The second-order valence-electron chi connectivity index (χ2n) is 8.72. The first-order valence-electron chi connectivity index (χ1n) is 10.1. The molecule has 7 heteroatoms. The molecule has 2 amide bonds. The topological polar surface area (TPSA) is 64.1 Å². The number of hydrogen-bond donors (Lipinski definition) is 1. The molecular formula is C21H28FN3O3. The van der Waals surface area contributed by atoms with Crippen molar-refractivity contribution in [2.24, 2.45) is 11.8 Å². The van der Waals surface area contributed by atoms with Crippen molar-refractivity contribution in [1.29, 1.82) is 0 Å². The van der Waals surface area contributed by atoms with E-state index >= 15 is 0 Å². The molecule has 0 saturated carbocycles. The average molecular weight is 389 g/mol. The van der Waals surface area contributed by atoms with E-state index in [-0.39, 0.29) is 35.7 Å². The van der Waals surface area contributed by atoms with Crippen LogP contribution >= 0.6 is 0 Å². The first kappa shape index (κ1) is 19.2. The molecule has 6 nitrogen and oxygen atoms in total. The molecule has 3 aliphatic rings. The first-order valence-corrected chi connectivity index (χ1v) is 10.1. The number of fused-ring (bicyclic) bond motifs is 4. The first-order chi connectivity index (χ1) is 13.3. The number of aromatic hydroxyl groups is 1. The Morgan fingerprint density at radius 2 is 2.04 bits per heavy atom. The molecule has 0 aliphatic carbocycles. The lowest BCUT2D eigenvalue weighted by molar-refractivity contribution is -0.152. The molecule has 3 saturated heterocycles. The van der Waals surface area contributed by atoms with Crippen molar-refractivity contribution in [3.05, 3.63) is 29.6 Å². The van der Waals surface area contributed by atoms with E-state index in [1.807, 2.05) is 19.0 Å². The summed E-state index contributed by atoms with van der Waals surface area (Å²) >= 11 is 0. The normalized spacial score (nSPS) is 29.8. The predicted molar refractivity (Wildman–Crippen MR) is 102 cm³/mol. The van der Waals surface area contributed by atoms with Crippen LogP contribution in [0, 0.1) is 17.7 Å². The van der Waals surface area contributed by atoms with Crippen LogP contribution in [0.2, 0.25) is 0 Å². The lowest BCUT2D eigenvalue weighted by Gasteiger charge is -2.57. The minimum Gasteiger partial charge on any atom is -0.505 e. The second kappa shape index (κ2) is 7.35. The Morgan fingerprint density at radius 1 is 1.29 bits per heavy atom. The molecule has 0 spiro atoms. The molecule has 0 aromatic heterocycles. The maximum Gasteiger partial charge on any atom is 0.254 e. The molecule has 2 bridgehead atoms. The number of hydrogen-bond acceptors (Lipinski definition) is 4. The van der Waals surface area contributed by atoms with Gasteiger partial charge in [-0.25, -0.2) is 4.39 Å². The molecule has 0 unspecified atom stereocenters. The molecule has 152 valence electrons. The standard InChI is InChI=1S/C21H28FN3O3/c1-23(2)12-18-15-8-14(17-4-3-5-20(27)25(17)18)10-24(11-15)21(28)13-6-7-16(22)19(26)9-13/h6-7,9,14-15,17-18,26H,3-5,8,10-12H2,1-2H3/t14-,15+,17+,18+/m1/s1. The van der Waals surface area contributed by atoms with Crippen LogP contribution in [-0.4, -0.2) is 77.4 Å². The zero-order chi connectivity index (χ0) is 20.0. The molecule has 1 aromatic carbocycles. The summed E-state index contributed by atoms with van der Waals surface area (Å²) in [6.45, 7) is 1.98. The lowest BCUT2D eigenvalue weighted by atomic mass is 9.72. The van der Waals surface area contributed by atoms with Crippen LogP contribution in [0.1, 0.15) is 36.0 Å². The van der Waals surface area contributed by atoms with Gasteiger partial charge in [-0.3, -0.25) is 9.59 Å². The third-order valence-corrected chi connectivity index (χ3v) is 6.53. The van der Waals surface area contributed by atoms with E-state index in [1.54, 1.807) is 0 Å². The molecule has 1 N–H and O–H groups in total. The van der Waals surface area contributed by atoms with Gasteiger partial charge in [-0.1, -0.05) is 0 Å². The number of benzene rings is 1. The predicted octanol–water partition coefficient (Wildman–Crippen LogP) is 1.93. The summed E-state index contributed by atoms with van der Waals surface area (Å²) in [5, 5.41) is 9.64. The Kier molecular flexibility index (Phi) is 5.04. The zero-order valence-corrected chi connectivity index (χ0v) is 16.5. The summed E-state index contributed by atoms with van der Waals surface area (Å²) in [5.41, 5.74) is 0.305. The van der Waals surface area contributed by atoms with E-state index in [1.165, 1.54) is 12.1 Å². The van der Waals surface area contributed by atoms with E-state index in [0.717, 1.165) is 31.9 Å². The fourth-order valence-electron chi connectivity index (χ4n) is 5.38. The Morgan fingerprint density at radius 3 is 2.75 bits per heavy atom. The van der Waals surface area contributed by atoms with Crippen LogP contribution in [0.15, 0.2) is 18.2 Å². The van der Waals surface area contributed by atoms with Crippen LogP contribution < -0.4 is 0 Å². The highest BCUT2D eigenvalue weighted by Gasteiger charge is 2.50. The van der Waals surface area contributed by atoms with Gasteiger partial charge in [-0.05, 0) is 63.4 Å².